The zero-order chi connectivity index (χ0) is 28.5. The Morgan fingerprint density at radius 1 is 0.667 bits per heavy atom. The monoisotopic (exact) mass is 585 g/mol. The molecule has 9 heteroatoms. The molecule has 0 N–H and O–H groups in total. The lowest BCUT2D eigenvalue weighted by Crippen LogP contribution is -2.46. The molecule has 218 valence electrons. The Bertz CT molecular complexity index is 1700. The smallest absolute Gasteiger partial charge is 0.264 e. The van der Waals surface area contributed by atoms with E-state index in [0.717, 1.165) is 79.9 Å². The highest BCUT2D eigenvalue weighted by Gasteiger charge is 2.30. The van der Waals surface area contributed by atoms with Crippen LogP contribution in [0.4, 0.5) is 5.69 Å². The minimum Gasteiger partial charge on any atom is -0.489 e. The maximum atomic E-state index is 13.8. The van der Waals surface area contributed by atoms with E-state index in [-0.39, 0.29) is 0 Å². The summed E-state index contributed by atoms with van der Waals surface area (Å²) in [5, 5.41) is 1.93. The predicted molar refractivity (Wildman–Crippen MR) is 163 cm³/mol. The molecule has 0 spiro atoms. The minimum atomic E-state index is -3.73. The summed E-state index contributed by atoms with van der Waals surface area (Å²) in [6.07, 6.45) is 1.90. The van der Waals surface area contributed by atoms with E-state index in [9.17, 15) is 8.42 Å². The average molecular weight is 586 g/mol. The molecule has 3 aliphatic heterocycles. The Labute approximate surface area is 247 Å². The zero-order valence-corrected chi connectivity index (χ0v) is 24.4. The third kappa shape index (κ3) is 5.52. The summed E-state index contributed by atoms with van der Waals surface area (Å²) in [6, 6.07) is 25.3. The van der Waals surface area contributed by atoms with Crippen molar-refractivity contribution in [2.75, 3.05) is 57.0 Å². The molecule has 3 aliphatic rings. The van der Waals surface area contributed by atoms with Crippen LogP contribution in [0.3, 0.4) is 0 Å². The van der Waals surface area contributed by atoms with Crippen molar-refractivity contribution in [1.29, 1.82) is 0 Å². The largest absolute Gasteiger partial charge is 0.489 e. The molecular weight excluding hydrogens is 550 g/mol. The fourth-order valence-electron chi connectivity index (χ4n) is 6.07. The first-order valence-corrected chi connectivity index (χ1v) is 16.1. The van der Waals surface area contributed by atoms with Crippen LogP contribution in [-0.4, -0.2) is 70.9 Å². The van der Waals surface area contributed by atoms with Gasteiger partial charge in [-0.1, -0.05) is 42.5 Å². The van der Waals surface area contributed by atoms with Gasteiger partial charge < -0.3 is 19.1 Å². The molecule has 1 saturated heterocycles. The van der Waals surface area contributed by atoms with E-state index in [0.29, 0.717) is 36.3 Å². The quantitative estimate of drug-likeness (QED) is 0.291. The van der Waals surface area contributed by atoms with Gasteiger partial charge in [0.15, 0.2) is 11.5 Å². The molecule has 3 heterocycles. The van der Waals surface area contributed by atoms with Gasteiger partial charge in [-0.05, 0) is 77.7 Å². The van der Waals surface area contributed by atoms with Crippen molar-refractivity contribution >= 4 is 26.5 Å². The molecule has 8 nitrogen and oxygen atoms in total. The van der Waals surface area contributed by atoms with Gasteiger partial charge in [-0.3, -0.25) is 9.21 Å². The SMILES string of the molecule is O=S(=O)(c1ccc2ccccc2c1)N1CCOc2ccc(CCCN3CCN(Cc4ccc5c(c4)OCO5)CC3)cc21. The normalized spacial score (nSPS) is 17.3. The van der Waals surface area contributed by atoms with Crippen LogP contribution >= 0.6 is 0 Å². The molecule has 0 aliphatic carbocycles. The molecule has 4 aromatic rings. The molecule has 7 rings (SSSR count). The minimum absolute atomic E-state index is 0.294. The van der Waals surface area contributed by atoms with Gasteiger partial charge in [0.1, 0.15) is 12.4 Å². The highest BCUT2D eigenvalue weighted by atomic mass is 32.2. The number of nitrogens with zero attached hydrogens (tertiary/aromatic N) is 3. The summed E-state index contributed by atoms with van der Waals surface area (Å²) in [5.41, 5.74) is 3.00. The van der Waals surface area contributed by atoms with E-state index < -0.39 is 10.0 Å². The maximum Gasteiger partial charge on any atom is 0.264 e. The third-order valence-electron chi connectivity index (χ3n) is 8.40. The van der Waals surface area contributed by atoms with Gasteiger partial charge in [-0.25, -0.2) is 8.42 Å². The molecule has 1 fully saturated rings. The molecule has 4 aromatic carbocycles. The second-order valence-electron chi connectivity index (χ2n) is 11.1. The van der Waals surface area contributed by atoms with Crippen LogP contribution in [0.1, 0.15) is 17.5 Å². The molecule has 0 radical (unpaired) electrons. The maximum absolute atomic E-state index is 13.8. The number of sulfonamides is 1. The summed E-state index contributed by atoms with van der Waals surface area (Å²) in [5.74, 6) is 2.29. The third-order valence-corrected chi connectivity index (χ3v) is 10.2. The Morgan fingerprint density at radius 2 is 1.43 bits per heavy atom. The van der Waals surface area contributed by atoms with Crippen molar-refractivity contribution in [3.63, 3.8) is 0 Å². The van der Waals surface area contributed by atoms with Gasteiger partial charge in [-0.2, -0.15) is 0 Å². The van der Waals surface area contributed by atoms with Gasteiger partial charge in [0, 0.05) is 32.7 Å². The van der Waals surface area contributed by atoms with E-state index in [4.69, 9.17) is 14.2 Å². The summed E-state index contributed by atoms with van der Waals surface area (Å²) >= 11 is 0. The fraction of sp³-hybridized carbons (Fsp3) is 0.333. The van der Waals surface area contributed by atoms with Crippen LogP contribution in [0.5, 0.6) is 17.2 Å². The van der Waals surface area contributed by atoms with Gasteiger partial charge in [0.25, 0.3) is 10.0 Å². The highest BCUT2D eigenvalue weighted by molar-refractivity contribution is 7.92. The number of aryl methyl sites for hydroxylation is 1. The van der Waals surface area contributed by atoms with Gasteiger partial charge in [0.05, 0.1) is 17.1 Å². The van der Waals surface area contributed by atoms with Crippen LogP contribution in [0.15, 0.2) is 83.8 Å². The van der Waals surface area contributed by atoms with Crippen LogP contribution in [0.25, 0.3) is 10.8 Å². The molecular formula is C33H35N3O5S. The number of rotatable bonds is 8. The number of anilines is 1. The number of piperazine rings is 1. The molecule has 0 amide bonds. The summed E-state index contributed by atoms with van der Waals surface area (Å²) in [7, 11) is -3.73. The van der Waals surface area contributed by atoms with Crippen LogP contribution < -0.4 is 18.5 Å². The van der Waals surface area contributed by atoms with E-state index in [1.54, 1.807) is 12.1 Å². The summed E-state index contributed by atoms with van der Waals surface area (Å²) in [6.45, 7) is 7.02. The van der Waals surface area contributed by atoms with Crippen LogP contribution in [0, 0.1) is 0 Å². The number of fused-ring (bicyclic) bond motifs is 3. The summed E-state index contributed by atoms with van der Waals surface area (Å²) in [4.78, 5) is 5.31. The van der Waals surface area contributed by atoms with Crippen molar-refractivity contribution in [3.05, 3.63) is 90.0 Å². The lowest BCUT2D eigenvalue weighted by atomic mass is 10.1. The Kier molecular flexibility index (Phi) is 7.39. The van der Waals surface area contributed by atoms with Gasteiger partial charge in [-0.15, -0.1) is 0 Å². The Hall–Kier alpha value is -3.79. The molecule has 0 atom stereocenters. The molecule has 0 aromatic heterocycles. The lowest BCUT2D eigenvalue weighted by molar-refractivity contribution is 0.126. The topological polar surface area (TPSA) is 71.6 Å². The Morgan fingerprint density at radius 3 is 2.31 bits per heavy atom. The molecule has 42 heavy (non-hydrogen) atoms. The van der Waals surface area contributed by atoms with E-state index in [1.165, 1.54) is 9.87 Å². The first-order chi connectivity index (χ1) is 20.5. The number of ether oxygens (including phenoxy) is 3. The van der Waals surface area contributed by atoms with Crippen molar-refractivity contribution in [2.24, 2.45) is 0 Å². The first-order valence-electron chi connectivity index (χ1n) is 14.6. The van der Waals surface area contributed by atoms with Crippen molar-refractivity contribution in [1.82, 2.24) is 9.80 Å². The standard InChI is InChI=1S/C33H35N3O5S/c37-42(38,29-10-9-27-5-1-2-6-28(27)22-29)36-18-19-39-31-11-7-25(20-30(31)36)4-3-13-34-14-16-35(17-15-34)23-26-8-12-32-33(21-26)41-24-40-32/h1-2,5-12,20-22H,3-4,13-19,23-24H2. The molecule has 0 unspecified atom stereocenters. The van der Waals surface area contributed by atoms with E-state index >= 15 is 0 Å². The lowest BCUT2D eigenvalue weighted by Gasteiger charge is -2.34. The second-order valence-corrected chi connectivity index (χ2v) is 13.0. The van der Waals surface area contributed by atoms with Crippen molar-refractivity contribution in [3.8, 4) is 17.2 Å². The zero-order valence-electron chi connectivity index (χ0n) is 23.6. The molecule has 0 saturated carbocycles. The first kappa shape index (κ1) is 27.1. The summed E-state index contributed by atoms with van der Waals surface area (Å²) < 4.78 is 45.8. The van der Waals surface area contributed by atoms with Crippen molar-refractivity contribution < 1.29 is 22.6 Å². The van der Waals surface area contributed by atoms with E-state index in [2.05, 4.69) is 28.0 Å². The Balaban J connectivity index is 0.957. The van der Waals surface area contributed by atoms with Crippen LogP contribution in [-0.2, 0) is 23.0 Å². The number of hydrogen-bond donors (Lipinski definition) is 0. The van der Waals surface area contributed by atoms with Crippen LogP contribution in [0.2, 0.25) is 0 Å². The van der Waals surface area contributed by atoms with E-state index in [1.807, 2.05) is 48.5 Å². The van der Waals surface area contributed by atoms with Gasteiger partial charge in [0.2, 0.25) is 6.79 Å². The fourth-order valence-corrected chi connectivity index (χ4v) is 7.56. The average Bonchev–Trinajstić information content (AvgIpc) is 3.49. The molecule has 0 bridgehead atoms. The van der Waals surface area contributed by atoms with Gasteiger partial charge >= 0.3 is 0 Å². The number of hydrogen-bond acceptors (Lipinski definition) is 7. The second kappa shape index (κ2) is 11.5. The number of benzene rings is 4. The van der Waals surface area contributed by atoms with Crippen molar-refractivity contribution in [2.45, 2.75) is 24.3 Å². The predicted octanol–water partition coefficient (Wildman–Crippen LogP) is 4.91. The highest BCUT2D eigenvalue weighted by Crippen LogP contribution is 2.37.